The van der Waals surface area contributed by atoms with Gasteiger partial charge in [-0.05, 0) is 310 Å². The van der Waals surface area contributed by atoms with Crippen molar-refractivity contribution in [2.24, 2.45) is 0 Å². The van der Waals surface area contributed by atoms with Gasteiger partial charge in [0.1, 0.15) is 0 Å². The summed E-state index contributed by atoms with van der Waals surface area (Å²) in [5, 5.41) is 27.0. The third-order valence-corrected chi connectivity index (χ3v) is 22.1. The van der Waals surface area contributed by atoms with Crippen LogP contribution in [-0.2, 0) is 0 Å². The summed E-state index contributed by atoms with van der Waals surface area (Å²) in [4.78, 5) is 0. The predicted molar refractivity (Wildman–Crippen MR) is 408 cm³/mol. The second-order valence-corrected chi connectivity index (χ2v) is 27.7. The molecule has 0 bridgehead atoms. The Labute approximate surface area is 548 Å². The average molecular weight is 1200 g/mol. The zero-order chi connectivity index (χ0) is 63.4. The Balaban J connectivity index is 0.000000134. The van der Waals surface area contributed by atoms with Gasteiger partial charge >= 0.3 is 0 Å². The van der Waals surface area contributed by atoms with Gasteiger partial charge in [0.05, 0.1) is 0 Å². The molecule has 0 fully saturated rings. The van der Waals surface area contributed by atoms with Crippen molar-refractivity contribution in [1.29, 1.82) is 0 Å². The molecule has 0 atom stereocenters. The Morgan fingerprint density at radius 1 is 0.149 bits per heavy atom. The number of benzene rings is 18. The van der Waals surface area contributed by atoms with E-state index in [1.165, 1.54) is 252 Å². The summed E-state index contributed by atoms with van der Waals surface area (Å²) in [6.45, 7) is 22.7. The van der Waals surface area contributed by atoms with Crippen LogP contribution in [-0.4, -0.2) is 0 Å². The zero-order valence-electron chi connectivity index (χ0n) is 54.9. The van der Waals surface area contributed by atoms with Crippen LogP contribution in [0.1, 0.15) is 55.6 Å². The molecule has 0 saturated heterocycles. The van der Waals surface area contributed by atoms with Gasteiger partial charge in [-0.25, -0.2) is 0 Å². The second kappa shape index (κ2) is 19.8. The number of hydrogen-bond donors (Lipinski definition) is 0. The first-order valence-electron chi connectivity index (χ1n) is 33.6. The van der Waals surface area contributed by atoms with Crippen LogP contribution in [0.5, 0.6) is 0 Å². The molecule has 0 amide bonds. The van der Waals surface area contributed by atoms with E-state index in [0.29, 0.717) is 0 Å². The molecule has 0 N–H and O–H groups in total. The molecular weight excluding hydrogens is 1130 g/mol. The fourth-order valence-corrected chi connectivity index (χ4v) is 18.9. The highest BCUT2D eigenvalue weighted by Crippen LogP contribution is 2.63. The Bertz CT molecular complexity index is 5980. The minimum Gasteiger partial charge on any atom is -0.0617 e. The number of rotatable bonds is 4. The molecule has 0 spiro atoms. The van der Waals surface area contributed by atoms with Crippen LogP contribution in [0.2, 0.25) is 0 Å². The van der Waals surface area contributed by atoms with Gasteiger partial charge in [0, 0.05) is 0 Å². The van der Waals surface area contributed by atoms with Crippen LogP contribution in [0, 0.1) is 69.2 Å². The van der Waals surface area contributed by atoms with Gasteiger partial charge in [-0.3, -0.25) is 0 Å². The summed E-state index contributed by atoms with van der Waals surface area (Å²) < 4.78 is 0. The first-order valence-corrected chi connectivity index (χ1v) is 33.6. The molecule has 0 saturated carbocycles. The molecule has 0 aliphatic heterocycles. The van der Waals surface area contributed by atoms with Gasteiger partial charge in [0.25, 0.3) is 0 Å². The van der Waals surface area contributed by atoms with Gasteiger partial charge in [-0.15, -0.1) is 0 Å². The van der Waals surface area contributed by atoms with Crippen LogP contribution >= 0.6 is 0 Å². The molecule has 0 unspecified atom stereocenters. The topological polar surface area (TPSA) is 0 Å². The monoisotopic (exact) mass is 1200 g/mol. The molecule has 444 valence electrons. The molecule has 94 heavy (non-hydrogen) atoms. The van der Waals surface area contributed by atoms with Crippen molar-refractivity contribution in [3.8, 4) is 89.0 Å². The molecule has 2 aliphatic carbocycles. The second-order valence-electron chi connectivity index (χ2n) is 27.7. The fourth-order valence-electron chi connectivity index (χ4n) is 18.9. The van der Waals surface area contributed by atoms with Crippen molar-refractivity contribution >= 4 is 108 Å². The van der Waals surface area contributed by atoms with Crippen molar-refractivity contribution in [3.05, 3.63) is 286 Å². The lowest BCUT2D eigenvalue weighted by molar-refractivity contribution is 1.32. The first kappa shape index (κ1) is 54.8. The first-order chi connectivity index (χ1) is 45.8. The maximum absolute atomic E-state index is 2.44. The van der Waals surface area contributed by atoms with Crippen LogP contribution in [0.4, 0.5) is 0 Å². The summed E-state index contributed by atoms with van der Waals surface area (Å²) >= 11 is 0. The van der Waals surface area contributed by atoms with Gasteiger partial charge in [0.15, 0.2) is 0 Å². The minimum absolute atomic E-state index is 1.31. The van der Waals surface area contributed by atoms with E-state index in [4.69, 9.17) is 0 Å². The molecule has 18 aromatic rings. The minimum atomic E-state index is 1.31. The molecular formula is C94H68. The lowest BCUT2D eigenvalue weighted by atomic mass is 9.79. The van der Waals surface area contributed by atoms with Gasteiger partial charge in [-0.2, -0.15) is 0 Å². The highest BCUT2D eigenvalue weighted by Gasteiger charge is 2.36. The van der Waals surface area contributed by atoms with Crippen molar-refractivity contribution in [3.63, 3.8) is 0 Å². The summed E-state index contributed by atoms with van der Waals surface area (Å²) in [7, 11) is 0. The van der Waals surface area contributed by atoms with Gasteiger partial charge in [0.2, 0.25) is 0 Å². The highest BCUT2D eigenvalue weighted by molar-refractivity contribution is 6.41. The van der Waals surface area contributed by atoms with Crippen LogP contribution in [0.15, 0.2) is 231 Å². The lowest BCUT2D eigenvalue weighted by Gasteiger charge is -2.24. The van der Waals surface area contributed by atoms with E-state index in [9.17, 15) is 0 Å². The number of aryl methyl sites for hydroxylation is 10. The Kier molecular flexibility index (Phi) is 11.5. The maximum atomic E-state index is 2.44. The van der Waals surface area contributed by atoms with Crippen LogP contribution < -0.4 is 0 Å². The molecule has 0 heterocycles. The molecule has 18 aromatic carbocycles. The number of fused-ring (bicyclic) bond motifs is 12. The van der Waals surface area contributed by atoms with Crippen molar-refractivity contribution < 1.29 is 0 Å². The Hall–Kier alpha value is -10.9. The summed E-state index contributed by atoms with van der Waals surface area (Å²) in [5.74, 6) is 0. The van der Waals surface area contributed by atoms with Gasteiger partial charge < -0.3 is 0 Å². The molecule has 0 nitrogen and oxygen atoms in total. The predicted octanol–water partition coefficient (Wildman–Crippen LogP) is 26.8. The molecule has 2 aliphatic rings. The SMILES string of the molecule is Cc1cc(C)c(-c2c3c(c(-c4c(C)cc(C)cc4C)c4ccccc24)-c2ccc4c5cccc6cccc(c7ccc-3c2c74)c65)c(C)c1.Cc1cccc(C)c1-c1c2c(c(-c3c(C)cccc3C)c3ccccc13)-c1ccc3c4cccc5cccc(c6ccc-2c1c63)c54. The molecule has 20 rings (SSSR count). The highest BCUT2D eigenvalue weighted by atomic mass is 14.4. The van der Waals surface area contributed by atoms with Crippen molar-refractivity contribution in [2.75, 3.05) is 0 Å². The van der Waals surface area contributed by atoms with E-state index in [1.807, 2.05) is 0 Å². The van der Waals surface area contributed by atoms with E-state index < -0.39 is 0 Å². The van der Waals surface area contributed by atoms with Gasteiger partial charge in [-0.1, -0.05) is 242 Å². The summed E-state index contributed by atoms with van der Waals surface area (Å²) in [6.07, 6.45) is 0. The van der Waals surface area contributed by atoms with E-state index in [2.05, 4.69) is 300 Å². The van der Waals surface area contributed by atoms with Crippen molar-refractivity contribution in [1.82, 2.24) is 0 Å². The summed E-state index contributed by atoms with van der Waals surface area (Å²) in [5.41, 5.74) is 35.1. The van der Waals surface area contributed by atoms with E-state index in [1.54, 1.807) is 0 Å². The molecule has 0 heteroatoms. The summed E-state index contributed by atoms with van der Waals surface area (Å²) in [6, 6.07) is 87.9. The smallest absolute Gasteiger partial charge is 0.000720 e. The maximum Gasteiger partial charge on any atom is -0.000720 e. The van der Waals surface area contributed by atoms with Crippen molar-refractivity contribution in [2.45, 2.75) is 69.2 Å². The largest absolute Gasteiger partial charge is 0.0617 e. The van der Waals surface area contributed by atoms with Crippen LogP contribution in [0.25, 0.3) is 197 Å². The van der Waals surface area contributed by atoms with E-state index in [-0.39, 0.29) is 0 Å². The van der Waals surface area contributed by atoms with E-state index >= 15 is 0 Å². The number of hydrogen-bond acceptors (Lipinski definition) is 0. The quantitative estimate of drug-likeness (QED) is 0.122. The zero-order valence-corrected chi connectivity index (χ0v) is 54.9. The van der Waals surface area contributed by atoms with E-state index in [0.717, 1.165) is 0 Å². The Morgan fingerprint density at radius 2 is 0.372 bits per heavy atom. The third-order valence-electron chi connectivity index (χ3n) is 22.1. The lowest BCUT2D eigenvalue weighted by Crippen LogP contribution is -1.99. The Morgan fingerprint density at radius 3 is 0.638 bits per heavy atom. The fraction of sp³-hybridized carbons (Fsp3) is 0.106. The molecule has 0 aromatic heterocycles. The van der Waals surface area contributed by atoms with Crippen LogP contribution in [0.3, 0.4) is 0 Å². The third kappa shape index (κ3) is 7.29. The normalized spacial score (nSPS) is 12.4. The standard InChI is InChI=1S/C48H36.C46H32/c1-25-21-27(3)40(28(4)22-25)45-34-13-7-8-14-35(34)46(41-29(5)23-26(2)24-30(41)6)48-39-20-18-37-33-16-10-12-31-11-9-15-32(42(31)33)36-17-19-38(47(45)48)44(39)43(36)37;1-25-11-7-12-26(2)38(25)43-32-17-5-6-18-33(32)44(39-27(3)13-8-14-28(39)4)46-37-24-22-35-31-20-10-16-29-15-9-19-30(40(29)31)34-21-23-36(45(43)46)42(37)41(34)35/h7-24H,1-6H3;5-24H,1-4H3. The molecule has 0 radical (unpaired) electrons. The average Bonchev–Trinajstić information content (AvgIpc) is 1.51.